The second kappa shape index (κ2) is 5.21. The first-order valence-electron chi connectivity index (χ1n) is 7.05. The fourth-order valence-electron chi connectivity index (χ4n) is 1.87. The van der Waals surface area contributed by atoms with Gasteiger partial charge in [-0.25, -0.2) is 9.59 Å². The Hall–Kier alpha value is -1.66. The van der Waals surface area contributed by atoms with E-state index in [1.165, 1.54) is 0 Å². The van der Waals surface area contributed by atoms with Crippen LogP contribution in [0.3, 0.4) is 0 Å². The van der Waals surface area contributed by atoms with Crippen LogP contribution in [0, 0.1) is 0 Å². The molecule has 0 atom stereocenters. The van der Waals surface area contributed by atoms with Crippen LogP contribution in [0.25, 0.3) is 15.5 Å². The smallest absolute Gasteiger partial charge is 0.333 e. The van der Waals surface area contributed by atoms with E-state index in [2.05, 4.69) is 28.2 Å². The van der Waals surface area contributed by atoms with Gasteiger partial charge in [0, 0.05) is 0 Å². The van der Waals surface area contributed by atoms with E-state index in [1.807, 2.05) is 20.8 Å². The van der Waals surface area contributed by atoms with Gasteiger partial charge in [0.15, 0.2) is 0 Å². The van der Waals surface area contributed by atoms with Gasteiger partial charge in [0.2, 0.25) is 0 Å². The van der Waals surface area contributed by atoms with Crippen molar-refractivity contribution in [1.82, 2.24) is 0 Å². The van der Waals surface area contributed by atoms with Crippen LogP contribution in [0.1, 0.15) is 26.3 Å². The van der Waals surface area contributed by atoms with Crippen molar-refractivity contribution >= 4 is 26.3 Å². The van der Waals surface area contributed by atoms with Crippen LogP contribution in [-0.2, 0) is 5.41 Å². The molecule has 0 N–H and O–H groups in total. The lowest BCUT2D eigenvalue weighted by molar-refractivity contribution is -0.849. The van der Waals surface area contributed by atoms with Crippen molar-refractivity contribution in [2.24, 2.45) is 0 Å². The van der Waals surface area contributed by atoms with E-state index >= 15 is 0 Å². The standard InChI is InChI=1S/C12H11O4S.C4H12N/c1-12(2,3)6-4-7-9-8(5-6)11(14)16-17(9)15-10(7)13;1-5(2,3)4/h4-5H,1-3H3;1-4H3/q2*+1. The Balaban J connectivity index is 0.000000309. The molecule has 0 fully saturated rings. The van der Waals surface area contributed by atoms with E-state index in [0.717, 1.165) is 10.0 Å². The third-order valence-corrected chi connectivity index (χ3v) is 4.24. The summed E-state index contributed by atoms with van der Waals surface area (Å²) in [4.78, 5) is 23.3. The van der Waals surface area contributed by atoms with Crippen molar-refractivity contribution in [3.63, 3.8) is 0 Å². The van der Waals surface area contributed by atoms with Gasteiger partial charge in [-0.3, -0.25) is 0 Å². The summed E-state index contributed by atoms with van der Waals surface area (Å²) in [6.07, 6.45) is 0. The molecule has 2 heterocycles. The second-order valence-corrected chi connectivity index (χ2v) is 9.02. The summed E-state index contributed by atoms with van der Waals surface area (Å²) in [5.74, 6) is 0. The van der Waals surface area contributed by atoms with E-state index < -0.39 is 22.1 Å². The average molecular weight is 325 g/mol. The minimum Gasteiger partial charge on any atom is -0.333 e. The van der Waals surface area contributed by atoms with Gasteiger partial charge >= 0.3 is 22.1 Å². The molecule has 0 radical (unpaired) electrons. The lowest BCUT2D eigenvalue weighted by Gasteiger charge is -2.17. The van der Waals surface area contributed by atoms with Crippen molar-refractivity contribution in [1.29, 1.82) is 0 Å². The molecule has 0 bridgehead atoms. The Morgan fingerprint density at radius 2 is 1.27 bits per heavy atom. The van der Waals surface area contributed by atoms with E-state index in [1.54, 1.807) is 12.1 Å². The van der Waals surface area contributed by atoms with E-state index in [0.29, 0.717) is 15.5 Å². The SMILES string of the molecule is CC(C)(C)c1cc2c(=O)o[s+]3oc(=O)c(c1)c23.C[N+](C)(C)C. The highest BCUT2D eigenvalue weighted by molar-refractivity contribution is 7.21. The first-order valence-corrected chi connectivity index (χ1v) is 8.12. The zero-order valence-electron chi connectivity index (χ0n) is 14.1. The van der Waals surface area contributed by atoms with Crippen molar-refractivity contribution in [3.05, 3.63) is 38.5 Å². The number of quaternary nitrogens is 1. The summed E-state index contributed by atoms with van der Waals surface area (Å²) in [7, 11) is 7.39. The topological polar surface area (TPSA) is 60.4 Å². The Morgan fingerprint density at radius 3 is 1.59 bits per heavy atom. The third kappa shape index (κ3) is 3.39. The molecular formula is C16H23NO4S+2. The first-order chi connectivity index (χ1) is 9.88. The number of hydrogen-bond donors (Lipinski definition) is 0. The molecular weight excluding hydrogens is 302 g/mol. The molecule has 0 saturated carbocycles. The monoisotopic (exact) mass is 325 g/mol. The van der Waals surface area contributed by atoms with Crippen LogP contribution >= 0.6 is 10.9 Å². The van der Waals surface area contributed by atoms with Crippen LogP contribution in [0.2, 0.25) is 0 Å². The van der Waals surface area contributed by atoms with Crippen LogP contribution < -0.4 is 11.3 Å². The molecule has 6 heteroatoms. The molecule has 2 aromatic heterocycles. The molecule has 0 unspecified atom stereocenters. The summed E-state index contributed by atoms with van der Waals surface area (Å²) in [6.45, 7) is 6.09. The van der Waals surface area contributed by atoms with Gasteiger partial charge in [-0.1, -0.05) is 20.8 Å². The largest absolute Gasteiger partial charge is 0.410 e. The highest BCUT2D eigenvalue weighted by Crippen LogP contribution is 2.34. The lowest BCUT2D eigenvalue weighted by atomic mass is 9.86. The summed E-state index contributed by atoms with van der Waals surface area (Å²) in [5.41, 5.74) is 0.00875. The normalized spacial score (nSPS) is 12.7. The molecule has 22 heavy (non-hydrogen) atoms. The van der Waals surface area contributed by atoms with Crippen LogP contribution in [0.5, 0.6) is 0 Å². The van der Waals surface area contributed by atoms with Gasteiger partial charge in [-0.05, 0) is 23.1 Å². The highest BCUT2D eigenvalue weighted by atomic mass is 32.2. The Bertz CT molecular complexity index is 839. The molecule has 120 valence electrons. The number of hydrogen-bond acceptors (Lipinski definition) is 4. The molecule has 0 aliphatic heterocycles. The Labute approximate surface area is 132 Å². The van der Waals surface area contributed by atoms with Crippen LogP contribution in [0.15, 0.2) is 29.4 Å². The van der Waals surface area contributed by atoms with Crippen molar-refractivity contribution in [2.75, 3.05) is 28.2 Å². The number of nitrogens with zero attached hydrogens (tertiary/aromatic N) is 1. The third-order valence-electron chi connectivity index (χ3n) is 2.86. The van der Waals surface area contributed by atoms with Crippen molar-refractivity contribution in [3.8, 4) is 0 Å². The quantitative estimate of drug-likeness (QED) is 0.471. The minimum absolute atomic E-state index is 0.129. The first kappa shape index (κ1) is 16.7. The van der Waals surface area contributed by atoms with Gasteiger partial charge < -0.3 is 4.48 Å². The molecule has 0 amide bonds. The summed E-state index contributed by atoms with van der Waals surface area (Å²) >= 11 is 0. The van der Waals surface area contributed by atoms with E-state index in [-0.39, 0.29) is 5.41 Å². The Morgan fingerprint density at radius 1 is 0.909 bits per heavy atom. The molecule has 3 rings (SSSR count). The molecule has 0 aliphatic carbocycles. The van der Waals surface area contributed by atoms with Gasteiger partial charge in [0.25, 0.3) is 4.70 Å². The van der Waals surface area contributed by atoms with E-state index in [9.17, 15) is 9.59 Å². The number of benzene rings is 1. The van der Waals surface area contributed by atoms with Gasteiger partial charge in [-0.2, -0.15) is 7.70 Å². The summed E-state index contributed by atoms with van der Waals surface area (Å²) in [6, 6.07) is 3.60. The highest BCUT2D eigenvalue weighted by Gasteiger charge is 2.30. The second-order valence-electron chi connectivity index (χ2n) is 7.81. The van der Waals surface area contributed by atoms with Gasteiger partial charge in [-0.15, -0.1) is 0 Å². The predicted octanol–water partition coefficient (Wildman–Crippen LogP) is 3.00. The lowest BCUT2D eigenvalue weighted by Crippen LogP contribution is -2.27. The summed E-state index contributed by atoms with van der Waals surface area (Å²) in [5, 5.41) is 0.947. The summed E-state index contributed by atoms with van der Waals surface area (Å²) < 4.78 is 11.7. The maximum Gasteiger partial charge on any atom is 0.410 e. The van der Waals surface area contributed by atoms with Crippen LogP contribution in [-0.4, -0.2) is 32.7 Å². The van der Waals surface area contributed by atoms with Crippen LogP contribution in [0.4, 0.5) is 0 Å². The number of rotatable bonds is 0. The van der Waals surface area contributed by atoms with Gasteiger partial charge in [0.05, 0.1) is 28.2 Å². The van der Waals surface area contributed by atoms with E-state index in [4.69, 9.17) is 7.70 Å². The predicted molar refractivity (Wildman–Crippen MR) is 90.3 cm³/mol. The maximum absolute atomic E-state index is 11.6. The zero-order valence-corrected chi connectivity index (χ0v) is 15.0. The zero-order chi connectivity index (χ0) is 16.9. The molecule has 3 aromatic rings. The maximum atomic E-state index is 11.6. The average Bonchev–Trinajstić information content (AvgIpc) is 2.78. The van der Waals surface area contributed by atoms with Gasteiger partial charge in [0.1, 0.15) is 10.8 Å². The fourth-order valence-corrected chi connectivity index (χ4v) is 3.17. The fraction of sp³-hybridized carbons (Fsp3) is 0.500. The van der Waals surface area contributed by atoms with Crippen molar-refractivity contribution < 1.29 is 12.2 Å². The molecule has 5 nitrogen and oxygen atoms in total. The minimum atomic E-state index is -1.11. The van der Waals surface area contributed by atoms with Crippen molar-refractivity contribution in [2.45, 2.75) is 26.2 Å². The molecule has 0 spiro atoms. The molecule has 0 saturated heterocycles. The Kier molecular flexibility index (Phi) is 3.96. The molecule has 1 aromatic carbocycles. The molecule has 0 aliphatic rings.